The molecule has 0 fully saturated rings. The fourth-order valence-electron chi connectivity index (χ4n) is 1.71. The second kappa shape index (κ2) is 9.63. The lowest BCUT2D eigenvalue weighted by molar-refractivity contribution is 0.0902. The molecule has 1 atom stereocenters. The molecule has 136 valence electrons. The number of nitrogens with one attached hydrogen (secondary N) is 3. The van der Waals surface area contributed by atoms with Gasteiger partial charge >= 0.3 is 12.1 Å². The standard InChI is InChI=1S/C17H35N3O3/c1-8-17(6,7)12-20-14(21)19-10-13(16(3,4)5)11-23-15(22)18-9-2/h13H,8-12H2,1-7H3,(H,18,22)(H2,19,20,21). The molecule has 0 radical (unpaired) electrons. The summed E-state index contributed by atoms with van der Waals surface area (Å²) in [4.78, 5) is 23.4. The zero-order chi connectivity index (χ0) is 18.1. The Kier molecular flexibility index (Phi) is 9.02. The number of hydrogen-bond donors (Lipinski definition) is 3. The first-order chi connectivity index (χ1) is 10.5. The van der Waals surface area contributed by atoms with Crippen LogP contribution in [0.1, 0.15) is 54.9 Å². The Morgan fingerprint density at radius 2 is 1.61 bits per heavy atom. The van der Waals surface area contributed by atoms with Gasteiger partial charge in [0.2, 0.25) is 0 Å². The highest BCUT2D eigenvalue weighted by atomic mass is 16.5. The summed E-state index contributed by atoms with van der Waals surface area (Å²) in [5.41, 5.74) is 0.00455. The minimum atomic E-state index is -0.420. The van der Waals surface area contributed by atoms with Gasteiger partial charge in [0, 0.05) is 25.6 Å². The van der Waals surface area contributed by atoms with Gasteiger partial charge in [-0.3, -0.25) is 0 Å². The zero-order valence-corrected chi connectivity index (χ0v) is 15.8. The molecular weight excluding hydrogens is 294 g/mol. The molecule has 0 aromatic rings. The third-order valence-corrected chi connectivity index (χ3v) is 4.16. The van der Waals surface area contributed by atoms with Gasteiger partial charge in [0.1, 0.15) is 0 Å². The predicted molar refractivity (Wildman–Crippen MR) is 93.4 cm³/mol. The molecular formula is C17H35N3O3. The van der Waals surface area contributed by atoms with Gasteiger partial charge in [-0.15, -0.1) is 0 Å². The highest BCUT2D eigenvalue weighted by Gasteiger charge is 2.26. The molecule has 0 rings (SSSR count). The van der Waals surface area contributed by atoms with Crippen LogP contribution in [0.25, 0.3) is 0 Å². The molecule has 6 nitrogen and oxygen atoms in total. The quantitative estimate of drug-likeness (QED) is 0.640. The van der Waals surface area contributed by atoms with Crippen molar-refractivity contribution in [2.45, 2.75) is 54.9 Å². The molecule has 0 saturated carbocycles. The van der Waals surface area contributed by atoms with Crippen molar-refractivity contribution in [2.75, 3.05) is 26.2 Å². The summed E-state index contributed by atoms with van der Waals surface area (Å²) in [6, 6.07) is -0.182. The van der Waals surface area contributed by atoms with Crippen LogP contribution in [0.5, 0.6) is 0 Å². The van der Waals surface area contributed by atoms with Crippen molar-refractivity contribution >= 4 is 12.1 Å². The molecule has 6 heteroatoms. The molecule has 0 aromatic heterocycles. The maximum Gasteiger partial charge on any atom is 0.407 e. The van der Waals surface area contributed by atoms with Crippen LogP contribution < -0.4 is 16.0 Å². The van der Waals surface area contributed by atoms with Crippen LogP contribution in [-0.2, 0) is 4.74 Å². The van der Waals surface area contributed by atoms with Crippen LogP contribution in [0.2, 0.25) is 0 Å². The van der Waals surface area contributed by atoms with Crippen LogP contribution in [0, 0.1) is 16.7 Å². The lowest BCUT2D eigenvalue weighted by atomic mass is 9.81. The van der Waals surface area contributed by atoms with E-state index >= 15 is 0 Å². The second-order valence-corrected chi connectivity index (χ2v) is 7.77. The third-order valence-electron chi connectivity index (χ3n) is 4.16. The SMILES string of the molecule is CCNC(=O)OCC(CNC(=O)NCC(C)(C)CC)C(C)(C)C. The number of carbonyl (C=O) groups is 2. The van der Waals surface area contributed by atoms with E-state index in [0.717, 1.165) is 6.42 Å². The van der Waals surface area contributed by atoms with Gasteiger partial charge in [0.05, 0.1) is 6.61 Å². The first-order valence-corrected chi connectivity index (χ1v) is 8.44. The summed E-state index contributed by atoms with van der Waals surface area (Å²) in [6.07, 6.45) is 0.578. The van der Waals surface area contributed by atoms with Gasteiger partial charge in [-0.05, 0) is 24.2 Å². The minimum absolute atomic E-state index is 0.0371. The Labute approximate surface area is 141 Å². The topological polar surface area (TPSA) is 79.5 Å². The van der Waals surface area contributed by atoms with E-state index in [0.29, 0.717) is 19.6 Å². The lowest BCUT2D eigenvalue weighted by Crippen LogP contribution is -2.45. The van der Waals surface area contributed by atoms with E-state index in [9.17, 15) is 9.59 Å². The lowest BCUT2D eigenvalue weighted by Gasteiger charge is -2.30. The minimum Gasteiger partial charge on any atom is -0.449 e. The van der Waals surface area contributed by atoms with Crippen LogP contribution in [0.3, 0.4) is 0 Å². The van der Waals surface area contributed by atoms with Crippen molar-refractivity contribution < 1.29 is 14.3 Å². The van der Waals surface area contributed by atoms with Crippen molar-refractivity contribution in [3.05, 3.63) is 0 Å². The second-order valence-electron chi connectivity index (χ2n) is 7.77. The highest BCUT2D eigenvalue weighted by molar-refractivity contribution is 5.73. The number of alkyl carbamates (subject to hydrolysis) is 1. The predicted octanol–water partition coefficient (Wildman–Crippen LogP) is 3.13. The molecule has 23 heavy (non-hydrogen) atoms. The van der Waals surface area contributed by atoms with Crippen molar-refractivity contribution in [1.29, 1.82) is 0 Å². The third kappa shape index (κ3) is 10.0. The molecule has 0 saturated heterocycles. The van der Waals surface area contributed by atoms with Crippen LogP contribution >= 0.6 is 0 Å². The maximum atomic E-state index is 11.9. The normalized spacial score (nSPS) is 13.2. The number of urea groups is 1. The summed E-state index contributed by atoms with van der Waals surface area (Å²) >= 11 is 0. The van der Waals surface area contributed by atoms with Gasteiger partial charge in [-0.2, -0.15) is 0 Å². The summed E-state index contributed by atoms with van der Waals surface area (Å²) < 4.78 is 5.21. The Balaban J connectivity index is 4.35. The molecule has 1 unspecified atom stereocenters. The summed E-state index contributed by atoms with van der Waals surface area (Å²) in [6.45, 7) is 16.3. The Hall–Kier alpha value is -1.46. The van der Waals surface area contributed by atoms with E-state index in [2.05, 4.69) is 57.5 Å². The van der Waals surface area contributed by atoms with Crippen molar-refractivity contribution in [3.63, 3.8) is 0 Å². The number of amides is 3. The van der Waals surface area contributed by atoms with Crippen molar-refractivity contribution in [3.8, 4) is 0 Å². The molecule has 3 N–H and O–H groups in total. The Morgan fingerprint density at radius 3 is 2.09 bits per heavy atom. The van der Waals surface area contributed by atoms with E-state index in [1.54, 1.807) is 0 Å². The molecule has 0 heterocycles. The van der Waals surface area contributed by atoms with E-state index in [1.165, 1.54) is 0 Å². The van der Waals surface area contributed by atoms with Crippen LogP contribution in [-0.4, -0.2) is 38.4 Å². The molecule has 0 aliphatic heterocycles. The molecule has 0 bridgehead atoms. The molecule has 0 aliphatic rings. The van der Waals surface area contributed by atoms with Crippen LogP contribution in [0.15, 0.2) is 0 Å². The number of carbonyl (C=O) groups excluding carboxylic acids is 2. The molecule has 3 amide bonds. The monoisotopic (exact) mass is 329 g/mol. The highest BCUT2D eigenvalue weighted by Crippen LogP contribution is 2.25. The van der Waals surface area contributed by atoms with Gasteiger partial charge in [-0.1, -0.05) is 41.5 Å². The van der Waals surface area contributed by atoms with E-state index in [1.807, 2.05) is 6.92 Å². The Morgan fingerprint density at radius 1 is 1.00 bits per heavy atom. The zero-order valence-electron chi connectivity index (χ0n) is 15.8. The maximum absolute atomic E-state index is 11.9. The van der Waals surface area contributed by atoms with Gasteiger partial charge in [0.15, 0.2) is 0 Å². The largest absolute Gasteiger partial charge is 0.449 e. The Bertz CT molecular complexity index is 376. The fraction of sp³-hybridized carbons (Fsp3) is 0.882. The number of ether oxygens (including phenoxy) is 1. The number of hydrogen-bond acceptors (Lipinski definition) is 3. The first-order valence-electron chi connectivity index (χ1n) is 8.44. The number of rotatable bonds is 8. The van der Waals surface area contributed by atoms with Gasteiger partial charge in [-0.25, -0.2) is 9.59 Å². The summed E-state index contributed by atoms with van der Waals surface area (Å²) in [5, 5.41) is 8.38. The van der Waals surface area contributed by atoms with Crippen LogP contribution in [0.4, 0.5) is 9.59 Å². The smallest absolute Gasteiger partial charge is 0.407 e. The summed E-state index contributed by atoms with van der Waals surface area (Å²) in [5.74, 6) is 0.0371. The first kappa shape index (κ1) is 21.5. The molecule has 0 aliphatic carbocycles. The summed E-state index contributed by atoms with van der Waals surface area (Å²) in [7, 11) is 0. The van der Waals surface area contributed by atoms with Gasteiger partial charge in [0.25, 0.3) is 0 Å². The van der Waals surface area contributed by atoms with E-state index in [4.69, 9.17) is 4.74 Å². The fourth-order valence-corrected chi connectivity index (χ4v) is 1.71. The molecule has 0 spiro atoms. The molecule has 0 aromatic carbocycles. The van der Waals surface area contributed by atoms with E-state index < -0.39 is 6.09 Å². The van der Waals surface area contributed by atoms with Crippen molar-refractivity contribution in [2.24, 2.45) is 16.7 Å². The van der Waals surface area contributed by atoms with E-state index in [-0.39, 0.29) is 29.4 Å². The average Bonchev–Trinajstić information content (AvgIpc) is 2.44. The average molecular weight is 329 g/mol. The van der Waals surface area contributed by atoms with Crippen molar-refractivity contribution in [1.82, 2.24) is 16.0 Å². The van der Waals surface area contributed by atoms with Gasteiger partial charge < -0.3 is 20.7 Å².